The quantitative estimate of drug-likeness (QED) is 0.739. The average molecular weight is 319 g/mol. The molecule has 1 aromatic carbocycles. The van der Waals surface area contributed by atoms with E-state index in [0.29, 0.717) is 6.04 Å². The molecule has 1 aromatic rings. The first-order chi connectivity index (χ1) is 8.27. The van der Waals surface area contributed by atoms with Crippen molar-refractivity contribution in [2.24, 2.45) is 0 Å². The van der Waals surface area contributed by atoms with E-state index in [4.69, 9.17) is 16.3 Å². The number of alkyl halides is 1. The molecule has 0 amide bonds. The van der Waals surface area contributed by atoms with Gasteiger partial charge in [0, 0.05) is 41.3 Å². The van der Waals surface area contributed by atoms with Gasteiger partial charge in [-0.2, -0.15) is 0 Å². The highest BCUT2D eigenvalue weighted by atomic mass is 79.9. The van der Waals surface area contributed by atoms with E-state index in [1.165, 1.54) is 24.1 Å². The van der Waals surface area contributed by atoms with E-state index in [1.54, 1.807) is 7.11 Å². The first-order valence-corrected chi connectivity index (χ1v) is 7.36. The SMILES string of the molecule is COCCN(c1cccc(Cl)c1CBr)C1CC1. The molecule has 94 valence electrons. The van der Waals surface area contributed by atoms with E-state index in [0.717, 1.165) is 23.5 Å². The molecule has 1 saturated carbocycles. The number of rotatable bonds is 6. The number of hydrogen-bond acceptors (Lipinski definition) is 2. The lowest BCUT2D eigenvalue weighted by molar-refractivity contribution is 0.205. The topological polar surface area (TPSA) is 12.5 Å². The van der Waals surface area contributed by atoms with Gasteiger partial charge in [-0.15, -0.1) is 0 Å². The minimum Gasteiger partial charge on any atom is -0.383 e. The Morgan fingerprint density at radius 3 is 2.82 bits per heavy atom. The molecule has 0 heterocycles. The Morgan fingerprint density at radius 1 is 1.47 bits per heavy atom. The molecule has 0 N–H and O–H groups in total. The van der Waals surface area contributed by atoms with E-state index < -0.39 is 0 Å². The number of halogens is 2. The molecule has 1 aliphatic carbocycles. The molecule has 0 unspecified atom stereocenters. The highest BCUT2D eigenvalue weighted by Crippen LogP contribution is 2.36. The number of benzene rings is 1. The van der Waals surface area contributed by atoms with Gasteiger partial charge in [-0.25, -0.2) is 0 Å². The zero-order valence-corrected chi connectivity index (χ0v) is 12.3. The summed E-state index contributed by atoms with van der Waals surface area (Å²) in [5.74, 6) is 0. The Morgan fingerprint density at radius 2 is 2.24 bits per heavy atom. The third-order valence-corrected chi connectivity index (χ3v) is 3.98. The number of methoxy groups -OCH3 is 1. The average Bonchev–Trinajstić information content (AvgIpc) is 3.14. The summed E-state index contributed by atoms with van der Waals surface area (Å²) in [4.78, 5) is 2.42. The van der Waals surface area contributed by atoms with Crippen molar-refractivity contribution in [1.29, 1.82) is 0 Å². The van der Waals surface area contributed by atoms with Crippen LogP contribution in [0.1, 0.15) is 18.4 Å². The van der Waals surface area contributed by atoms with E-state index in [2.05, 4.69) is 26.9 Å². The molecule has 1 aliphatic rings. The first-order valence-electron chi connectivity index (χ1n) is 5.87. The van der Waals surface area contributed by atoms with Crippen molar-refractivity contribution in [3.05, 3.63) is 28.8 Å². The van der Waals surface area contributed by atoms with Crippen LogP contribution < -0.4 is 4.90 Å². The summed E-state index contributed by atoms with van der Waals surface area (Å²) in [6.07, 6.45) is 2.55. The molecule has 1 fully saturated rings. The highest BCUT2D eigenvalue weighted by Gasteiger charge is 2.30. The Hall–Kier alpha value is -0.250. The van der Waals surface area contributed by atoms with Crippen molar-refractivity contribution in [1.82, 2.24) is 0 Å². The lowest BCUT2D eigenvalue weighted by atomic mass is 10.1. The van der Waals surface area contributed by atoms with Crippen LogP contribution in [0.3, 0.4) is 0 Å². The van der Waals surface area contributed by atoms with Crippen LogP contribution in [0, 0.1) is 0 Å². The van der Waals surface area contributed by atoms with Crippen LogP contribution in [0.15, 0.2) is 18.2 Å². The third kappa shape index (κ3) is 3.15. The predicted molar refractivity (Wildman–Crippen MR) is 76.3 cm³/mol. The fourth-order valence-corrected chi connectivity index (χ4v) is 3.01. The molecular formula is C13H17BrClNO. The number of anilines is 1. The van der Waals surface area contributed by atoms with Gasteiger partial charge >= 0.3 is 0 Å². The molecule has 2 nitrogen and oxygen atoms in total. The van der Waals surface area contributed by atoms with Gasteiger partial charge < -0.3 is 9.64 Å². The molecule has 0 saturated heterocycles. The molecule has 0 spiro atoms. The van der Waals surface area contributed by atoms with Crippen molar-refractivity contribution < 1.29 is 4.74 Å². The van der Waals surface area contributed by atoms with Gasteiger partial charge in [0.05, 0.1) is 6.61 Å². The van der Waals surface area contributed by atoms with Crippen molar-refractivity contribution in [2.75, 3.05) is 25.2 Å². The van der Waals surface area contributed by atoms with E-state index in [-0.39, 0.29) is 0 Å². The van der Waals surface area contributed by atoms with Gasteiger partial charge in [0.1, 0.15) is 0 Å². The molecule has 0 radical (unpaired) electrons. The van der Waals surface area contributed by atoms with Gasteiger partial charge in [0.15, 0.2) is 0 Å². The molecule has 2 rings (SSSR count). The summed E-state index contributed by atoms with van der Waals surface area (Å²) in [5, 5.41) is 1.63. The second-order valence-corrected chi connectivity index (χ2v) is 5.26. The summed E-state index contributed by atoms with van der Waals surface area (Å²) in [6.45, 7) is 1.69. The summed E-state index contributed by atoms with van der Waals surface area (Å²) in [6, 6.07) is 6.78. The second-order valence-electron chi connectivity index (χ2n) is 4.29. The van der Waals surface area contributed by atoms with Crippen LogP contribution >= 0.6 is 27.5 Å². The highest BCUT2D eigenvalue weighted by molar-refractivity contribution is 9.08. The summed E-state index contributed by atoms with van der Waals surface area (Å²) >= 11 is 9.77. The van der Waals surface area contributed by atoms with Gasteiger partial charge in [0.25, 0.3) is 0 Å². The van der Waals surface area contributed by atoms with E-state index >= 15 is 0 Å². The van der Waals surface area contributed by atoms with E-state index in [1.807, 2.05) is 12.1 Å². The summed E-state index contributed by atoms with van der Waals surface area (Å²) in [5.41, 5.74) is 2.42. The first kappa shape index (κ1) is 13.2. The molecular weight excluding hydrogens is 302 g/mol. The van der Waals surface area contributed by atoms with Crippen molar-refractivity contribution in [3.8, 4) is 0 Å². The Balaban J connectivity index is 2.25. The number of nitrogens with zero attached hydrogens (tertiary/aromatic N) is 1. The van der Waals surface area contributed by atoms with Crippen LogP contribution in [0.4, 0.5) is 5.69 Å². The van der Waals surface area contributed by atoms with Crippen LogP contribution in [0.2, 0.25) is 5.02 Å². The maximum absolute atomic E-state index is 6.24. The summed E-state index contributed by atoms with van der Waals surface area (Å²) in [7, 11) is 1.74. The molecule has 17 heavy (non-hydrogen) atoms. The maximum atomic E-state index is 6.24. The van der Waals surface area contributed by atoms with Gasteiger partial charge in [-0.05, 0) is 25.0 Å². The van der Waals surface area contributed by atoms with Gasteiger partial charge in [-0.1, -0.05) is 33.6 Å². The molecule has 0 atom stereocenters. The predicted octanol–water partition coefficient (Wildman–Crippen LogP) is 3.85. The van der Waals surface area contributed by atoms with Gasteiger partial charge in [0.2, 0.25) is 0 Å². The van der Waals surface area contributed by atoms with Crippen LogP contribution in [-0.2, 0) is 10.1 Å². The third-order valence-electron chi connectivity index (χ3n) is 3.06. The fourth-order valence-electron chi connectivity index (χ4n) is 2.02. The number of ether oxygens (including phenoxy) is 1. The van der Waals surface area contributed by atoms with Crippen LogP contribution in [0.5, 0.6) is 0 Å². The second kappa shape index (κ2) is 6.07. The van der Waals surface area contributed by atoms with Crippen LogP contribution in [0.25, 0.3) is 0 Å². The Bertz CT molecular complexity index is 382. The Labute approximate surface area is 116 Å². The molecule has 4 heteroatoms. The molecule has 0 aliphatic heterocycles. The standard InChI is InChI=1S/C13H17BrClNO/c1-17-8-7-16(10-5-6-10)13-4-2-3-12(15)11(13)9-14/h2-4,10H,5-9H2,1H3. The van der Waals surface area contributed by atoms with Crippen molar-refractivity contribution in [3.63, 3.8) is 0 Å². The zero-order valence-electron chi connectivity index (χ0n) is 9.96. The monoisotopic (exact) mass is 317 g/mol. The van der Waals surface area contributed by atoms with Crippen molar-refractivity contribution in [2.45, 2.75) is 24.2 Å². The Kier molecular flexibility index (Phi) is 4.71. The maximum Gasteiger partial charge on any atom is 0.0637 e. The lowest BCUT2D eigenvalue weighted by Gasteiger charge is -2.27. The van der Waals surface area contributed by atoms with Gasteiger partial charge in [-0.3, -0.25) is 0 Å². The van der Waals surface area contributed by atoms with E-state index in [9.17, 15) is 0 Å². The summed E-state index contributed by atoms with van der Waals surface area (Å²) < 4.78 is 5.19. The van der Waals surface area contributed by atoms with Crippen molar-refractivity contribution >= 4 is 33.2 Å². The zero-order chi connectivity index (χ0) is 12.3. The fraction of sp³-hybridized carbons (Fsp3) is 0.538. The lowest BCUT2D eigenvalue weighted by Crippen LogP contribution is -2.30. The van der Waals surface area contributed by atoms with Crippen LogP contribution in [-0.4, -0.2) is 26.3 Å². The normalized spacial score (nSPS) is 15.0. The largest absolute Gasteiger partial charge is 0.383 e. The molecule has 0 aromatic heterocycles. The smallest absolute Gasteiger partial charge is 0.0637 e. The molecule has 0 bridgehead atoms. The minimum atomic E-state index is 0.668. The number of hydrogen-bond donors (Lipinski definition) is 0. The minimum absolute atomic E-state index is 0.668.